The summed E-state index contributed by atoms with van der Waals surface area (Å²) in [7, 11) is -1.98. The number of thiophene rings is 1. The summed E-state index contributed by atoms with van der Waals surface area (Å²) in [5.74, 6) is -0.334. The van der Waals surface area contributed by atoms with E-state index in [1.165, 1.54) is 21.7 Å². The van der Waals surface area contributed by atoms with E-state index in [9.17, 15) is 13.2 Å². The summed E-state index contributed by atoms with van der Waals surface area (Å²) in [6, 6.07) is 1.46. The van der Waals surface area contributed by atoms with Gasteiger partial charge in [0.25, 0.3) is 5.91 Å². The fraction of sp³-hybridized carbons (Fsp3) is 0.667. The highest BCUT2D eigenvalue weighted by Crippen LogP contribution is 2.27. The highest BCUT2D eigenvalue weighted by atomic mass is 32.2. The van der Waals surface area contributed by atoms with E-state index in [2.05, 4.69) is 5.32 Å². The van der Waals surface area contributed by atoms with Crippen molar-refractivity contribution in [2.75, 3.05) is 26.8 Å². The van der Waals surface area contributed by atoms with E-state index >= 15 is 0 Å². The van der Waals surface area contributed by atoms with E-state index < -0.39 is 10.0 Å². The van der Waals surface area contributed by atoms with Crippen LogP contribution in [0.3, 0.4) is 0 Å². The van der Waals surface area contributed by atoms with E-state index in [0.29, 0.717) is 26.1 Å². The number of nitrogens with one attached hydrogen (secondary N) is 1. The molecule has 0 saturated carbocycles. The molecule has 0 aromatic carbocycles. The van der Waals surface area contributed by atoms with E-state index in [1.807, 2.05) is 6.92 Å². The fourth-order valence-corrected chi connectivity index (χ4v) is 5.39. The Hall–Kier alpha value is -0.960. The number of amides is 1. The number of sulfonamides is 1. The molecule has 1 amide bonds. The highest BCUT2D eigenvalue weighted by Gasteiger charge is 2.31. The minimum absolute atomic E-state index is 0.0740. The van der Waals surface area contributed by atoms with Crippen LogP contribution in [0.15, 0.2) is 16.3 Å². The third kappa shape index (κ3) is 4.53. The quantitative estimate of drug-likeness (QED) is 0.808. The first-order chi connectivity index (χ1) is 11.0. The van der Waals surface area contributed by atoms with Crippen molar-refractivity contribution in [1.29, 1.82) is 0 Å². The van der Waals surface area contributed by atoms with Crippen LogP contribution >= 0.6 is 11.3 Å². The summed E-state index contributed by atoms with van der Waals surface area (Å²) >= 11 is 1.17. The third-order valence-electron chi connectivity index (χ3n) is 3.90. The number of methoxy groups -OCH3 is 1. The fourth-order valence-electron chi connectivity index (χ4n) is 2.57. The third-order valence-corrected chi connectivity index (χ3v) is 6.88. The van der Waals surface area contributed by atoms with Crippen LogP contribution in [-0.2, 0) is 14.8 Å². The lowest BCUT2D eigenvalue weighted by molar-refractivity contribution is 0.0930. The van der Waals surface area contributed by atoms with Crippen LogP contribution in [0.1, 0.15) is 42.3 Å². The zero-order chi connectivity index (χ0) is 16.9. The van der Waals surface area contributed by atoms with Crippen molar-refractivity contribution >= 4 is 27.3 Å². The number of hydrogen-bond donors (Lipinski definition) is 1. The average molecular weight is 361 g/mol. The first-order valence-electron chi connectivity index (χ1n) is 7.84. The maximum Gasteiger partial charge on any atom is 0.262 e. The van der Waals surface area contributed by atoms with Gasteiger partial charge in [0.2, 0.25) is 10.0 Å². The molecule has 6 nitrogen and oxygen atoms in total. The normalized spacial score (nSPS) is 17.8. The second-order valence-electron chi connectivity index (χ2n) is 5.73. The molecule has 1 fully saturated rings. The Morgan fingerprint density at radius 3 is 2.74 bits per heavy atom. The maximum absolute atomic E-state index is 12.8. The van der Waals surface area contributed by atoms with Crippen LogP contribution in [0.5, 0.6) is 0 Å². The molecule has 1 aromatic rings. The number of rotatable bonds is 7. The minimum Gasteiger partial charge on any atom is -0.385 e. The van der Waals surface area contributed by atoms with Gasteiger partial charge in [0, 0.05) is 32.8 Å². The molecule has 1 N–H and O–H groups in total. The van der Waals surface area contributed by atoms with Crippen LogP contribution in [0.25, 0.3) is 0 Å². The summed E-state index contributed by atoms with van der Waals surface area (Å²) in [6.07, 6.45) is 3.49. The summed E-state index contributed by atoms with van der Waals surface area (Å²) in [6.45, 7) is 3.49. The Labute approximate surface area is 141 Å². The average Bonchev–Trinajstić information content (AvgIpc) is 3.04. The smallest absolute Gasteiger partial charge is 0.262 e. The van der Waals surface area contributed by atoms with E-state index in [0.717, 1.165) is 19.3 Å². The van der Waals surface area contributed by atoms with E-state index in [-0.39, 0.29) is 21.7 Å². The molecular formula is C15H24N2O4S2. The molecule has 0 aliphatic carbocycles. The van der Waals surface area contributed by atoms with Gasteiger partial charge in [-0.15, -0.1) is 11.3 Å². The predicted molar refractivity (Wildman–Crippen MR) is 90.4 cm³/mol. The predicted octanol–water partition coefficient (Wildman–Crippen LogP) is 2.08. The molecule has 1 aliphatic heterocycles. The van der Waals surface area contributed by atoms with Gasteiger partial charge < -0.3 is 10.1 Å². The van der Waals surface area contributed by atoms with Gasteiger partial charge in [-0.05, 0) is 37.6 Å². The van der Waals surface area contributed by atoms with Crippen molar-refractivity contribution in [2.45, 2.75) is 43.5 Å². The molecule has 1 saturated heterocycles. The summed E-state index contributed by atoms with van der Waals surface area (Å²) in [4.78, 5) is 12.8. The van der Waals surface area contributed by atoms with Crippen LogP contribution in [-0.4, -0.2) is 51.5 Å². The topological polar surface area (TPSA) is 75.7 Å². The van der Waals surface area contributed by atoms with Gasteiger partial charge in [0.1, 0.15) is 9.77 Å². The molecular weight excluding hydrogens is 336 g/mol. The lowest BCUT2D eigenvalue weighted by Gasteiger charge is -2.26. The number of nitrogens with zero attached hydrogens (tertiary/aromatic N) is 1. The van der Waals surface area contributed by atoms with Crippen molar-refractivity contribution in [2.24, 2.45) is 0 Å². The summed E-state index contributed by atoms with van der Waals surface area (Å²) < 4.78 is 32.0. The number of carbonyl (C=O) groups excluding carboxylic acids is 1. The molecule has 130 valence electrons. The summed E-state index contributed by atoms with van der Waals surface area (Å²) in [5, 5.41) is 4.50. The molecule has 0 radical (unpaired) electrons. The number of piperidine rings is 1. The molecule has 1 aromatic heterocycles. The lowest BCUT2D eigenvalue weighted by atomic mass is 10.2. The molecule has 8 heteroatoms. The first kappa shape index (κ1) is 18.4. The van der Waals surface area contributed by atoms with Gasteiger partial charge in [-0.2, -0.15) is 4.31 Å². The molecule has 2 heterocycles. The molecule has 2 rings (SSSR count). The highest BCUT2D eigenvalue weighted by molar-refractivity contribution is 7.89. The Morgan fingerprint density at radius 2 is 2.09 bits per heavy atom. The zero-order valence-electron chi connectivity index (χ0n) is 13.6. The van der Waals surface area contributed by atoms with Gasteiger partial charge in [-0.1, -0.05) is 6.42 Å². The standard InChI is InChI=1S/C15H24N2O4S2/c1-12(6-10-21-2)16-15(18)14-13(7-11-22-14)23(19,20)17-8-4-3-5-9-17/h7,11-12H,3-6,8-10H2,1-2H3,(H,16,18). The molecule has 0 spiro atoms. The molecule has 1 unspecified atom stereocenters. The maximum atomic E-state index is 12.8. The lowest BCUT2D eigenvalue weighted by Crippen LogP contribution is -2.37. The van der Waals surface area contributed by atoms with Gasteiger partial charge in [0.15, 0.2) is 0 Å². The summed E-state index contributed by atoms with van der Waals surface area (Å²) in [5.41, 5.74) is 0. The molecule has 0 bridgehead atoms. The number of ether oxygens (including phenoxy) is 1. The number of hydrogen-bond acceptors (Lipinski definition) is 5. The minimum atomic E-state index is -3.59. The Bertz CT molecular complexity index is 621. The SMILES string of the molecule is COCCC(C)NC(=O)c1sccc1S(=O)(=O)N1CCCCC1. The molecule has 1 aliphatic rings. The monoisotopic (exact) mass is 360 g/mol. The van der Waals surface area contributed by atoms with Gasteiger partial charge in [-0.3, -0.25) is 4.79 Å². The van der Waals surface area contributed by atoms with Crippen molar-refractivity contribution < 1.29 is 17.9 Å². The van der Waals surface area contributed by atoms with E-state index in [1.54, 1.807) is 12.5 Å². The van der Waals surface area contributed by atoms with Crippen LogP contribution < -0.4 is 5.32 Å². The van der Waals surface area contributed by atoms with E-state index in [4.69, 9.17) is 4.74 Å². The van der Waals surface area contributed by atoms with Crippen molar-refractivity contribution in [3.05, 3.63) is 16.3 Å². The molecule has 1 atom stereocenters. The van der Waals surface area contributed by atoms with Crippen LogP contribution in [0, 0.1) is 0 Å². The first-order valence-corrected chi connectivity index (χ1v) is 10.2. The number of carbonyl (C=O) groups is 1. The van der Waals surface area contributed by atoms with Crippen LogP contribution in [0.4, 0.5) is 0 Å². The van der Waals surface area contributed by atoms with Gasteiger partial charge >= 0.3 is 0 Å². The van der Waals surface area contributed by atoms with Crippen molar-refractivity contribution in [3.63, 3.8) is 0 Å². The Morgan fingerprint density at radius 1 is 1.39 bits per heavy atom. The molecule has 23 heavy (non-hydrogen) atoms. The Kier molecular flexibility index (Phi) is 6.58. The van der Waals surface area contributed by atoms with Crippen molar-refractivity contribution in [1.82, 2.24) is 9.62 Å². The second kappa shape index (κ2) is 8.23. The largest absolute Gasteiger partial charge is 0.385 e. The van der Waals surface area contributed by atoms with Crippen molar-refractivity contribution in [3.8, 4) is 0 Å². The zero-order valence-corrected chi connectivity index (χ0v) is 15.2. The second-order valence-corrected chi connectivity index (χ2v) is 8.56. The van der Waals surface area contributed by atoms with Gasteiger partial charge in [-0.25, -0.2) is 8.42 Å². The van der Waals surface area contributed by atoms with Crippen LogP contribution in [0.2, 0.25) is 0 Å². The Balaban J connectivity index is 2.13. The van der Waals surface area contributed by atoms with Gasteiger partial charge in [0.05, 0.1) is 0 Å².